The Bertz CT molecular complexity index is 545. The van der Waals surface area contributed by atoms with Gasteiger partial charge >= 0.3 is 0 Å². The predicted molar refractivity (Wildman–Crippen MR) is 112 cm³/mol. The van der Waals surface area contributed by atoms with E-state index in [1.54, 1.807) is 6.07 Å². The van der Waals surface area contributed by atoms with Gasteiger partial charge in [0.25, 0.3) is 0 Å². The monoisotopic (exact) mass is 486 g/mol. The zero-order valence-corrected chi connectivity index (χ0v) is 17.9. The van der Waals surface area contributed by atoms with Crippen LogP contribution in [0.1, 0.15) is 12.5 Å². The summed E-state index contributed by atoms with van der Waals surface area (Å²) in [5.41, 5.74) is 0.946. The second-order valence-corrected chi connectivity index (χ2v) is 6.41. The van der Waals surface area contributed by atoms with Crippen molar-refractivity contribution < 1.29 is 4.74 Å². The summed E-state index contributed by atoms with van der Waals surface area (Å²) < 4.78 is 5.75. The molecule has 2 N–H and O–H groups in total. The highest BCUT2D eigenvalue weighted by molar-refractivity contribution is 14.0. The Labute approximate surface area is 171 Å². The molecular formula is C16H25Cl2IN4O. The van der Waals surface area contributed by atoms with Gasteiger partial charge in [0, 0.05) is 36.2 Å². The molecule has 1 fully saturated rings. The van der Waals surface area contributed by atoms with Crippen molar-refractivity contribution >= 4 is 53.1 Å². The first-order valence-electron chi connectivity index (χ1n) is 7.84. The average Bonchev–Trinajstić information content (AvgIpc) is 2.51. The lowest BCUT2D eigenvalue weighted by Gasteiger charge is -2.30. The fourth-order valence-electron chi connectivity index (χ4n) is 2.36. The van der Waals surface area contributed by atoms with Crippen LogP contribution in [0, 0.1) is 0 Å². The van der Waals surface area contributed by atoms with Crippen molar-refractivity contribution in [1.82, 2.24) is 15.5 Å². The highest BCUT2D eigenvalue weighted by atomic mass is 127. The minimum absolute atomic E-state index is 0. The molecule has 5 nitrogen and oxygen atoms in total. The van der Waals surface area contributed by atoms with Gasteiger partial charge in [-0.3, -0.25) is 0 Å². The van der Waals surface area contributed by atoms with Gasteiger partial charge in [0.05, 0.1) is 19.3 Å². The summed E-state index contributed by atoms with van der Waals surface area (Å²) in [7, 11) is 2.11. The molecule has 0 radical (unpaired) electrons. The number of guanidine groups is 1. The standard InChI is InChI=1S/C16H24Cl2N4O.HI/c1-3-19-16(21-10-14-11-22(2)6-7-23-14)20-9-12-4-5-13(17)8-15(12)18;/h4-5,8,14H,3,6-7,9-11H2,1-2H3,(H2,19,20,21);1H. The molecule has 8 heteroatoms. The number of aliphatic imine (C=N–C) groups is 1. The van der Waals surface area contributed by atoms with E-state index in [-0.39, 0.29) is 30.1 Å². The summed E-state index contributed by atoms with van der Waals surface area (Å²) in [6.45, 7) is 6.75. The molecule has 1 unspecified atom stereocenters. The third kappa shape index (κ3) is 7.31. The summed E-state index contributed by atoms with van der Waals surface area (Å²) in [4.78, 5) is 6.85. The maximum absolute atomic E-state index is 6.18. The van der Waals surface area contributed by atoms with Crippen LogP contribution in [-0.4, -0.2) is 56.8 Å². The van der Waals surface area contributed by atoms with E-state index in [1.807, 2.05) is 19.1 Å². The molecule has 2 rings (SSSR count). The summed E-state index contributed by atoms with van der Waals surface area (Å²) >= 11 is 12.1. The Kier molecular flexibility index (Phi) is 10.3. The van der Waals surface area contributed by atoms with Crippen LogP contribution < -0.4 is 10.6 Å². The summed E-state index contributed by atoms with van der Waals surface area (Å²) in [6, 6.07) is 5.46. The van der Waals surface area contributed by atoms with Crippen LogP contribution in [0.2, 0.25) is 10.0 Å². The van der Waals surface area contributed by atoms with Crippen molar-refractivity contribution in [1.29, 1.82) is 0 Å². The van der Waals surface area contributed by atoms with E-state index in [0.717, 1.165) is 44.3 Å². The van der Waals surface area contributed by atoms with Crippen molar-refractivity contribution in [2.24, 2.45) is 4.99 Å². The second-order valence-electron chi connectivity index (χ2n) is 5.57. The number of morpholine rings is 1. The first-order valence-corrected chi connectivity index (χ1v) is 8.60. The third-order valence-electron chi connectivity index (χ3n) is 3.61. The minimum Gasteiger partial charge on any atom is -0.374 e. The van der Waals surface area contributed by atoms with E-state index in [4.69, 9.17) is 27.9 Å². The van der Waals surface area contributed by atoms with E-state index < -0.39 is 0 Å². The Morgan fingerprint density at radius 2 is 2.17 bits per heavy atom. The van der Waals surface area contributed by atoms with Crippen LogP contribution in [0.15, 0.2) is 23.2 Å². The van der Waals surface area contributed by atoms with E-state index in [2.05, 4.69) is 27.6 Å². The number of likely N-dealkylation sites (N-methyl/N-ethyl adjacent to an activating group) is 1. The van der Waals surface area contributed by atoms with Crippen molar-refractivity contribution in [3.05, 3.63) is 33.8 Å². The van der Waals surface area contributed by atoms with Gasteiger partial charge in [0.15, 0.2) is 5.96 Å². The highest BCUT2D eigenvalue weighted by Crippen LogP contribution is 2.21. The molecule has 24 heavy (non-hydrogen) atoms. The van der Waals surface area contributed by atoms with Gasteiger partial charge in [-0.25, -0.2) is 4.99 Å². The summed E-state index contributed by atoms with van der Waals surface area (Å²) in [5, 5.41) is 7.83. The maximum Gasteiger partial charge on any atom is 0.191 e. The summed E-state index contributed by atoms with van der Waals surface area (Å²) in [5.74, 6) is 0.760. The molecule has 136 valence electrons. The fraction of sp³-hybridized carbons (Fsp3) is 0.562. The highest BCUT2D eigenvalue weighted by Gasteiger charge is 2.17. The van der Waals surface area contributed by atoms with E-state index in [0.29, 0.717) is 16.6 Å². The second kappa shape index (κ2) is 11.4. The van der Waals surface area contributed by atoms with Crippen LogP contribution >= 0.6 is 47.2 Å². The molecule has 0 amide bonds. The molecule has 1 aliphatic heterocycles. The van der Waals surface area contributed by atoms with Crippen molar-refractivity contribution in [2.75, 3.05) is 39.8 Å². The maximum atomic E-state index is 6.18. The fourth-order valence-corrected chi connectivity index (χ4v) is 2.82. The minimum atomic E-state index is 0. The lowest BCUT2D eigenvalue weighted by atomic mass is 10.2. The van der Waals surface area contributed by atoms with Crippen LogP contribution in [0.4, 0.5) is 0 Å². The summed E-state index contributed by atoms with van der Waals surface area (Å²) in [6.07, 6.45) is 0.178. The number of nitrogens with zero attached hydrogens (tertiary/aromatic N) is 2. The van der Waals surface area contributed by atoms with Crippen LogP contribution in [0.5, 0.6) is 0 Å². The van der Waals surface area contributed by atoms with Crippen molar-refractivity contribution in [3.63, 3.8) is 0 Å². The number of halogens is 3. The van der Waals surface area contributed by atoms with Gasteiger partial charge in [-0.2, -0.15) is 0 Å². The third-order valence-corrected chi connectivity index (χ3v) is 4.19. The normalized spacial score (nSPS) is 18.8. The lowest BCUT2D eigenvalue weighted by molar-refractivity contribution is -0.0161. The van der Waals surface area contributed by atoms with Gasteiger partial charge in [-0.05, 0) is 31.7 Å². The number of benzene rings is 1. The van der Waals surface area contributed by atoms with Gasteiger partial charge in [-0.15, -0.1) is 24.0 Å². The first-order chi connectivity index (χ1) is 11.1. The van der Waals surface area contributed by atoms with Gasteiger partial charge in [0.2, 0.25) is 0 Å². The Morgan fingerprint density at radius 3 is 2.83 bits per heavy atom. The molecule has 1 atom stereocenters. The van der Waals surface area contributed by atoms with E-state index in [1.165, 1.54) is 0 Å². The molecule has 0 bridgehead atoms. The topological polar surface area (TPSA) is 48.9 Å². The molecular weight excluding hydrogens is 462 g/mol. The molecule has 1 saturated heterocycles. The Balaban J connectivity index is 0.00000288. The van der Waals surface area contributed by atoms with Crippen LogP contribution in [-0.2, 0) is 11.3 Å². The molecule has 1 aromatic carbocycles. The first kappa shape index (κ1) is 21.8. The Hall–Kier alpha value is -0.280. The number of hydrogen-bond donors (Lipinski definition) is 2. The lowest BCUT2D eigenvalue weighted by Crippen LogP contribution is -2.48. The number of nitrogens with one attached hydrogen (secondary N) is 2. The quantitative estimate of drug-likeness (QED) is 0.381. The van der Waals surface area contributed by atoms with Gasteiger partial charge < -0.3 is 20.3 Å². The zero-order valence-electron chi connectivity index (χ0n) is 14.0. The molecule has 1 heterocycles. The molecule has 0 aromatic heterocycles. The van der Waals surface area contributed by atoms with Gasteiger partial charge in [-0.1, -0.05) is 29.3 Å². The van der Waals surface area contributed by atoms with Crippen molar-refractivity contribution in [3.8, 4) is 0 Å². The zero-order chi connectivity index (χ0) is 16.7. The predicted octanol–water partition coefficient (Wildman–Crippen LogP) is 3.00. The Morgan fingerprint density at radius 1 is 1.38 bits per heavy atom. The smallest absolute Gasteiger partial charge is 0.191 e. The van der Waals surface area contributed by atoms with Gasteiger partial charge in [0.1, 0.15) is 0 Å². The molecule has 0 saturated carbocycles. The molecule has 1 aromatic rings. The van der Waals surface area contributed by atoms with Crippen LogP contribution in [0.3, 0.4) is 0 Å². The largest absolute Gasteiger partial charge is 0.374 e. The SMILES string of the molecule is CCNC(=NCc1ccc(Cl)cc1Cl)NCC1CN(C)CCO1.I. The van der Waals surface area contributed by atoms with Crippen molar-refractivity contribution in [2.45, 2.75) is 19.6 Å². The molecule has 1 aliphatic rings. The number of hydrogen-bond acceptors (Lipinski definition) is 3. The van der Waals surface area contributed by atoms with E-state index in [9.17, 15) is 0 Å². The average molecular weight is 487 g/mol. The van der Waals surface area contributed by atoms with E-state index >= 15 is 0 Å². The molecule has 0 aliphatic carbocycles. The number of rotatable bonds is 5. The molecule has 0 spiro atoms. The van der Waals surface area contributed by atoms with Crippen LogP contribution in [0.25, 0.3) is 0 Å². The number of ether oxygens (including phenoxy) is 1.